The van der Waals surface area contributed by atoms with E-state index in [0.29, 0.717) is 17.0 Å². The number of aryl methyl sites for hydroxylation is 1. The predicted molar refractivity (Wildman–Crippen MR) is 117 cm³/mol. The summed E-state index contributed by atoms with van der Waals surface area (Å²) in [6, 6.07) is 17.3. The number of rotatable bonds is 6. The van der Waals surface area contributed by atoms with Gasteiger partial charge in [0.2, 0.25) is 0 Å². The lowest BCUT2D eigenvalue weighted by Crippen LogP contribution is -2.35. The lowest BCUT2D eigenvalue weighted by Gasteiger charge is -2.30. The van der Waals surface area contributed by atoms with Crippen molar-refractivity contribution in [1.82, 2.24) is 0 Å². The summed E-state index contributed by atoms with van der Waals surface area (Å²) in [4.78, 5) is 29.4. The maximum absolute atomic E-state index is 13.0. The summed E-state index contributed by atoms with van der Waals surface area (Å²) in [5, 5.41) is 9.85. The Bertz CT molecular complexity index is 1020. The Morgan fingerprint density at radius 3 is 2.33 bits per heavy atom. The van der Waals surface area contributed by atoms with E-state index in [-0.39, 0.29) is 6.61 Å². The van der Waals surface area contributed by atoms with Crippen LogP contribution in [-0.4, -0.2) is 29.4 Å². The molecule has 30 heavy (non-hydrogen) atoms. The first-order valence-corrected chi connectivity index (χ1v) is 9.82. The molecule has 5 heteroatoms. The smallest absolute Gasteiger partial charge is 0.336 e. The first kappa shape index (κ1) is 21.2. The number of carboxylic acid groups (broad SMARTS) is 1. The second-order valence-corrected chi connectivity index (χ2v) is 7.37. The molecule has 1 N–H and O–H groups in total. The minimum Gasteiger partial charge on any atom is -0.481 e. The maximum atomic E-state index is 13.0. The van der Waals surface area contributed by atoms with E-state index in [2.05, 4.69) is 4.99 Å². The van der Waals surface area contributed by atoms with Crippen LogP contribution in [0.3, 0.4) is 0 Å². The zero-order valence-electron chi connectivity index (χ0n) is 17.3. The van der Waals surface area contributed by atoms with E-state index in [0.717, 1.165) is 16.7 Å². The lowest BCUT2D eigenvalue weighted by molar-refractivity contribution is -0.140. The van der Waals surface area contributed by atoms with E-state index in [4.69, 9.17) is 4.74 Å². The summed E-state index contributed by atoms with van der Waals surface area (Å²) in [6.07, 6.45) is 3.63. The molecule has 2 aromatic carbocycles. The Hall–Kier alpha value is -3.47. The van der Waals surface area contributed by atoms with Gasteiger partial charge in [0.25, 0.3) is 0 Å². The van der Waals surface area contributed by atoms with Crippen LogP contribution in [0.15, 0.2) is 76.9 Å². The molecule has 5 nitrogen and oxygen atoms in total. The first-order chi connectivity index (χ1) is 14.4. The van der Waals surface area contributed by atoms with Crippen LogP contribution >= 0.6 is 0 Å². The average Bonchev–Trinajstić information content (AvgIpc) is 2.71. The van der Waals surface area contributed by atoms with E-state index < -0.39 is 23.8 Å². The van der Waals surface area contributed by atoms with Crippen molar-refractivity contribution in [3.63, 3.8) is 0 Å². The van der Waals surface area contributed by atoms with Gasteiger partial charge < -0.3 is 9.84 Å². The number of allylic oxidation sites excluding steroid dienone is 1. The zero-order chi connectivity index (χ0) is 21.7. The fourth-order valence-electron chi connectivity index (χ4n) is 3.71. The highest BCUT2D eigenvalue weighted by Crippen LogP contribution is 2.39. The molecule has 1 aliphatic heterocycles. The zero-order valence-corrected chi connectivity index (χ0v) is 17.3. The van der Waals surface area contributed by atoms with Gasteiger partial charge in [-0.15, -0.1) is 0 Å². The van der Waals surface area contributed by atoms with Crippen molar-refractivity contribution in [3.05, 3.63) is 88.6 Å². The largest absolute Gasteiger partial charge is 0.481 e. The average molecular weight is 403 g/mol. The Morgan fingerprint density at radius 2 is 1.70 bits per heavy atom. The Labute approximate surface area is 176 Å². The summed E-state index contributed by atoms with van der Waals surface area (Å²) >= 11 is 0. The van der Waals surface area contributed by atoms with Gasteiger partial charge in [0, 0.05) is 17.3 Å². The second-order valence-electron chi connectivity index (χ2n) is 7.37. The summed E-state index contributed by atoms with van der Waals surface area (Å²) < 4.78 is 5.47. The summed E-state index contributed by atoms with van der Waals surface area (Å²) in [5.74, 6) is -3.12. The van der Waals surface area contributed by atoms with Crippen LogP contribution in [0.2, 0.25) is 0 Å². The molecule has 3 rings (SSSR count). The molecule has 0 bridgehead atoms. The molecular formula is C25H25NO4. The van der Waals surface area contributed by atoms with Gasteiger partial charge in [-0.3, -0.25) is 9.79 Å². The number of carbonyl (C=O) groups is 2. The molecule has 2 unspecified atom stereocenters. The quantitative estimate of drug-likeness (QED) is 0.704. The third-order valence-electron chi connectivity index (χ3n) is 5.17. The van der Waals surface area contributed by atoms with E-state index in [1.165, 1.54) is 0 Å². The molecule has 1 aliphatic rings. The van der Waals surface area contributed by atoms with E-state index in [9.17, 15) is 14.7 Å². The molecule has 0 saturated carbocycles. The van der Waals surface area contributed by atoms with Gasteiger partial charge in [-0.2, -0.15) is 0 Å². The number of hydrogen-bond donors (Lipinski definition) is 1. The van der Waals surface area contributed by atoms with Crippen LogP contribution in [0.1, 0.15) is 36.5 Å². The number of carboxylic acids is 1. The fourth-order valence-corrected chi connectivity index (χ4v) is 3.71. The van der Waals surface area contributed by atoms with Crippen molar-refractivity contribution >= 4 is 23.7 Å². The van der Waals surface area contributed by atoms with Gasteiger partial charge in [-0.1, -0.05) is 66.2 Å². The number of carbonyl (C=O) groups excluding carboxylic acids is 1. The summed E-state index contributed by atoms with van der Waals surface area (Å²) in [5.41, 5.74) is 4.09. The minimum absolute atomic E-state index is 0.0888. The van der Waals surface area contributed by atoms with E-state index in [1.54, 1.807) is 19.9 Å². The molecule has 0 spiro atoms. The molecular weight excluding hydrogens is 378 g/mol. The molecule has 0 saturated heterocycles. The number of hydrogen-bond acceptors (Lipinski definition) is 4. The Kier molecular flexibility index (Phi) is 6.62. The fraction of sp³-hybridized carbons (Fsp3) is 0.240. The second kappa shape index (κ2) is 9.35. The normalized spacial score (nSPS) is 19.0. The van der Waals surface area contributed by atoms with Crippen molar-refractivity contribution < 1.29 is 19.4 Å². The number of aliphatic imine (C=N–C) groups is 1. The highest BCUT2D eigenvalue weighted by molar-refractivity contribution is 6.06. The number of aliphatic carboxylic acids is 1. The molecule has 0 fully saturated rings. The number of esters is 1. The highest BCUT2D eigenvalue weighted by Gasteiger charge is 2.41. The summed E-state index contributed by atoms with van der Waals surface area (Å²) in [6.45, 7) is 5.46. The Morgan fingerprint density at radius 1 is 1.03 bits per heavy atom. The number of nitrogens with zero attached hydrogens (tertiary/aromatic N) is 1. The van der Waals surface area contributed by atoms with E-state index in [1.807, 2.05) is 67.6 Å². The van der Waals surface area contributed by atoms with Crippen molar-refractivity contribution in [3.8, 4) is 0 Å². The van der Waals surface area contributed by atoms with Gasteiger partial charge in [-0.05, 0) is 38.0 Å². The standard InChI is InChI=1S/C25H25NO4/c1-16-11-13-20(14-12-16)23-21(24(27)28)17(2)26-18(3)22(23)25(29)30-15-7-10-19-8-5-4-6-9-19/h4-14,21,23H,15H2,1-3H3,(H,27,28). The van der Waals surface area contributed by atoms with Crippen molar-refractivity contribution in [1.29, 1.82) is 0 Å². The maximum Gasteiger partial charge on any atom is 0.336 e. The van der Waals surface area contributed by atoms with Crippen LogP contribution < -0.4 is 0 Å². The van der Waals surface area contributed by atoms with Gasteiger partial charge in [-0.25, -0.2) is 4.79 Å². The first-order valence-electron chi connectivity index (χ1n) is 9.82. The van der Waals surface area contributed by atoms with Gasteiger partial charge in [0.1, 0.15) is 12.5 Å². The molecule has 0 aromatic heterocycles. The van der Waals surface area contributed by atoms with Crippen LogP contribution in [0.25, 0.3) is 6.08 Å². The van der Waals surface area contributed by atoms with Gasteiger partial charge in [0.05, 0.1) is 5.57 Å². The monoisotopic (exact) mass is 403 g/mol. The van der Waals surface area contributed by atoms with E-state index >= 15 is 0 Å². The van der Waals surface area contributed by atoms with Crippen LogP contribution in [0.5, 0.6) is 0 Å². The van der Waals surface area contributed by atoms with Crippen LogP contribution in [0, 0.1) is 12.8 Å². The third kappa shape index (κ3) is 4.74. The van der Waals surface area contributed by atoms with Crippen molar-refractivity contribution in [2.45, 2.75) is 26.7 Å². The molecule has 1 heterocycles. The molecule has 2 atom stereocenters. The predicted octanol–water partition coefficient (Wildman–Crippen LogP) is 4.78. The van der Waals surface area contributed by atoms with Gasteiger partial charge >= 0.3 is 11.9 Å². The summed E-state index contributed by atoms with van der Waals surface area (Å²) in [7, 11) is 0. The SMILES string of the molecule is CC1=NC(C)=C(C(=O)OCC=Cc2ccccc2)C(c2ccc(C)cc2)C1C(=O)O. The molecule has 154 valence electrons. The molecule has 2 aromatic rings. The minimum atomic E-state index is -1.01. The lowest BCUT2D eigenvalue weighted by atomic mass is 9.75. The van der Waals surface area contributed by atoms with Gasteiger partial charge in [0.15, 0.2) is 0 Å². The van der Waals surface area contributed by atoms with Crippen molar-refractivity contribution in [2.75, 3.05) is 6.61 Å². The number of ether oxygens (including phenoxy) is 1. The Balaban J connectivity index is 1.87. The molecule has 0 aliphatic carbocycles. The molecule has 0 amide bonds. The molecule has 0 radical (unpaired) electrons. The third-order valence-corrected chi connectivity index (χ3v) is 5.17. The number of benzene rings is 2. The highest BCUT2D eigenvalue weighted by atomic mass is 16.5. The van der Waals surface area contributed by atoms with Crippen LogP contribution in [-0.2, 0) is 14.3 Å². The topological polar surface area (TPSA) is 76.0 Å². The van der Waals surface area contributed by atoms with Crippen LogP contribution in [0.4, 0.5) is 0 Å². The van der Waals surface area contributed by atoms with Crippen molar-refractivity contribution in [2.24, 2.45) is 10.9 Å².